The van der Waals surface area contributed by atoms with Gasteiger partial charge in [0.1, 0.15) is 0 Å². The molecule has 1 aromatic heterocycles. The highest BCUT2D eigenvalue weighted by Crippen LogP contribution is 2.26. The van der Waals surface area contributed by atoms with Crippen molar-refractivity contribution in [2.75, 3.05) is 6.54 Å². The van der Waals surface area contributed by atoms with Crippen LogP contribution in [0, 0.1) is 12.8 Å². The summed E-state index contributed by atoms with van der Waals surface area (Å²) in [4.78, 5) is 2.13. The first-order valence-electron chi connectivity index (χ1n) is 6.82. The summed E-state index contributed by atoms with van der Waals surface area (Å²) in [5.74, 6) is 0.497. The molecule has 1 aliphatic rings. The van der Waals surface area contributed by atoms with Crippen molar-refractivity contribution in [3.8, 4) is 0 Å². The molecule has 0 amide bonds. The molecule has 4 nitrogen and oxygen atoms in total. The Morgan fingerprint density at radius 3 is 2.63 bits per heavy atom. The van der Waals surface area contributed by atoms with Crippen LogP contribution in [-0.2, 0) is 16.6 Å². The van der Waals surface area contributed by atoms with E-state index < -0.39 is 10.0 Å². The maximum Gasteiger partial charge on any atom is 0.241 e. The van der Waals surface area contributed by atoms with Gasteiger partial charge in [-0.1, -0.05) is 19.3 Å². The number of rotatable bonds is 5. The minimum atomic E-state index is -3.37. The van der Waals surface area contributed by atoms with Crippen molar-refractivity contribution in [2.24, 2.45) is 11.7 Å². The van der Waals surface area contributed by atoms with Gasteiger partial charge in [0.2, 0.25) is 10.0 Å². The third kappa shape index (κ3) is 3.78. The number of hydrogen-bond acceptors (Lipinski definition) is 4. The minimum Gasteiger partial charge on any atom is -0.326 e. The summed E-state index contributed by atoms with van der Waals surface area (Å²) in [6.45, 7) is 2.79. The van der Waals surface area contributed by atoms with Gasteiger partial charge in [0.25, 0.3) is 0 Å². The zero-order chi connectivity index (χ0) is 13.9. The summed E-state index contributed by atoms with van der Waals surface area (Å²) >= 11 is 1.46. The van der Waals surface area contributed by atoms with E-state index in [-0.39, 0.29) is 0 Å². The maximum absolute atomic E-state index is 12.3. The highest BCUT2D eigenvalue weighted by atomic mass is 32.2. The minimum absolute atomic E-state index is 0.393. The molecule has 19 heavy (non-hydrogen) atoms. The number of thiophene rings is 1. The van der Waals surface area contributed by atoms with Crippen molar-refractivity contribution >= 4 is 21.4 Å². The monoisotopic (exact) mass is 302 g/mol. The van der Waals surface area contributed by atoms with Crippen molar-refractivity contribution in [1.29, 1.82) is 0 Å². The second kappa shape index (κ2) is 6.35. The van der Waals surface area contributed by atoms with Crippen molar-refractivity contribution in [3.05, 3.63) is 15.8 Å². The quantitative estimate of drug-likeness (QED) is 0.877. The van der Waals surface area contributed by atoms with Crippen LogP contribution in [0.2, 0.25) is 0 Å². The molecule has 0 unspecified atom stereocenters. The van der Waals surface area contributed by atoms with E-state index in [1.165, 1.54) is 30.6 Å². The summed E-state index contributed by atoms with van der Waals surface area (Å²) in [5.41, 5.74) is 5.56. The Labute approximate surface area is 119 Å². The van der Waals surface area contributed by atoms with E-state index in [2.05, 4.69) is 4.72 Å². The lowest BCUT2D eigenvalue weighted by molar-refractivity contribution is 0.357. The molecule has 0 aliphatic heterocycles. The second-order valence-corrected chi connectivity index (χ2v) is 8.27. The lowest BCUT2D eigenvalue weighted by Crippen LogP contribution is -2.30. The smallest absolute Gasteiger partial charge is 0.241 e. The lowest BCUT2D eigenvalue weighted by atomic mass is 9.90. The molecule has 0 spiro atoms. The van der Waals surface area contributed by atoms with E-state index in [0.29, 0.717) is 23.9 Å². The summed E-state index contributed by atoms with van der Waals surface area (Å²) in [6, 6.07) is 1.70. The highest BCUT2D eigenvalue weighted by Gasteiger charge is 2.22. The largest absolute Gasteiger partial charge is 0.326 e. The molecule has 1 fully saturated rings. The van der Waals surface area contributed by atoms with Crippen molar-refractivity contribution in [3.63, 3.8) is 0 Å². The van der Waals surface area contributed by atoms with Crippen molar-refractivity contribution in [2.45, 2.75) is 50.5 Å². The summed E-state index contributed by atoms with van der Waals surface area (Å²) in [7, 11) is -3.37. The Bertz CT molecular complexity index is 517. The van der Waals surface area contributed by atoms with Gasteiger partial charge in [-0.3, -0.25) is 0 Å². The fourth-order valence-electron chi connectivity index (χ4n) is 2.59. The molecule has 2 rings (SSSR count). The molecular weight excluding hydrogens is 280 g/mol. The molecule has 108 valence electrons. The molecule has 1 heterocycles. The van der Waals surface area contributed by atoms with Crippen LogP contribution in [0.1, 0.15) is 41.9 Å². The average Bonchev–Trinajstić information content (AvgIpc) is 2.80. The Balaban J connectivity index is 2.02. The molecule has 6 heteroatoms. The lowest BCUT2D eigenvalue weighted by Gasteiger charge is -2.21. The second-order valence-electron chi connectivity index (χ2n) is 5.19. The molecule has 0 bridgehead atoms. The van der Waals surface area contributed by atoms with Crippen LogP contribution < -0.4 is 10.5 Å². The molecule has 1 saturated carbocycles. The molecule has 0 atom stereocenters. The van der Waals surface area contributed by atoms with E-state index in [4.69, 9.17) is 5.73 Å². The maximum atomic E-state index is 12.3. The predicted molar refractivity (Wildman–Crippen MR) is 78.7 cm³/mol. The highest BCUT2D eigenvalue weighted by molar-refractivity contribution is 7.89. The molecule has 0 aromatic carbocycles. The van der Waals surface area contributed by atoms with Crippen LogP contribution in [0.15, 0.2) is 11.0 Å². The number of nitrogens with one attached hydrogen (secondary N) is 1. The molecule has 0 radical (unpaired) electrons. The first kappa shape index (κ1) is 15.0. The van der Waals surface area contributed by atoms with Gasteiger partial charge in [-0.2, -0.15) is 0 Å². The van der Waals surface area contributed by atoms with E-state index in [0.717, 1.165) is 22.6 Å². The SMILES string of the molecule is Cc1sc(CN)cc1S(=O)(=O)NCC1CCCCC1. The third-order valence-corrected chi connectivity index (χ3v) is 6.45. The number of aryl methyl sites for hydroxylation is 1. The zero-order valence-electron chi connectivity index (χ0n) is 11.3. The van der Waals surface area contributed by atoms with Crippen LogP contribution in [0.5, 0.6) is 0 Å². The van der Waals surface area contributed by atoms with Crippen LogP contribution in [0.4, 0.5) is 0 Å². The van der Waals surface area contributed by atoms with Gasteiger partial charge < -0.3 is 5.73 Å². The van der Waals surface area contributed by atoms with Gasteiger partial charge >= 0.3 is 0 Å². The van der Waals surface area contributed by atoms with E-state index >= 15 is 0 Å². The molecular formula is C13H22N2O2S2. The first-order valence-corrected chi connectivity index (χ1v) is 9.12. The first-order chi connectivity index (χ1) is 9.03. The Morgan fingerprint density at radius 2 is 2.05 bits per heavy atom. The molecule has 1 aromatic rings. The normalized spacial score (nSPS) is 17.8. The number of nitrogens with two attached hydrogens (primary N) is 1. The van der Waals surface area contributed by atoms with Gasteiger partial charge in [-0.05, 0) is 31.7 Å². The van der Waals surface area contributed by atoms with E-state index in [1.807, 2.05) is 6.92 Å². The van der Waals surface area contributed by atoms with Crippen LogP contribution in [0.3, 0.4) is 0 Å². The van der Waals surface area contributed by atoms with Crippen LogP contribution >= 0.6 is 11.3 Å². The van der Waals surface area contributed by atoms with Gasteiger partial charge in [-0.25, -0.2) is 13.1 Å². The fraction of sp³-hybridized carbons (Fsp3) is 0.692. The topological polar surface area (TPSA) is 72.2 Å². The predicted octanol–water partition coefficient (Wildman–Crippen LogP) is 2.37. The summed E-state index contributed by atoms with van der Waals surface area (Å²) < 4.78 is 27.3. The number of sulfonamides is 1. The van der Waals surface area contributed by atoms with E-state index in [9.17, 15) is 8.42 Å². The molecule has 1 aliphatic carbocycles. The molecule has 0 saturated heterocycles. The van der Waals surface area contributed by atoms with Crippen LogP contribution in [0.25, 0.3) is 0 Å². The van der Waals surface area contributed by atoms with Crippen molar-refractivity contribution in [1.82, 2.24) is 4.72 Å². The summed E-state index contributed by atoms with van der Waals surface area (Å²) in [6.07, 6.45) is 6.01. The number of hydrogen-bond donors (Lipinski definition) is 2. The third-order valence-electron chi connectivity index (χ3n) is 3.70. The van der Waals surface area contributed by atoms with Crippen LogP contribution in [-0.4, -0.2) is 15.0 Å². The van der Waals surface area contributed by atoms with Gasteiger partial charge in [-0.15, -0.1) is 11.3 Å². The fourth-order valence-corrected chi connectivity index (χ4v) is 5.22. The van der Waals surface area contributed by atoms with E-state index in [1.54, 1.807) is 6.07 Å². The Morgan fingerprint density at radius 1 is 1.37 bits per heavy atom. The average molecular weight is 302 g/mol. The standard InChI is InChI=1S/C13H22N2O2S2/c1-10-13(7-12(8-14)18-10)19(16,17)15-9-11-5-3-2-4-6-11/h7,11,15H,2-6,8-9,14H2,1H3. The Kier molecular flexibility index (Phi) is 5.00. The summed E-state index contributed by atoms with van der Waals surface area (Å²) in [5, 5.41) is 0. The zero-order valence-corrected chi connectivity index (χ0v) is 12.9. The van der Waals surface area contributed by atoms with Gasteiger partial charge in [0, 0.05) is 22.8 Å². The van der Waals surface area contributed by atoms with Gasteiger partial charge in [0.05, 0.1) is 4.90 Å². The Hall–Kier alpha value is -0.430. The van der Waals surface area contributed by atoms with Crippen molar-refractivity contribution < 1.29 is 8.42 Å². The molecule has 3 N–H and O–H groups in total. The van der Waals surface area contributed by atoms with Gasteiger partial charge in [0.15, 0.2) is 0 Å².